The molecule has 1 aromatic heterocycles. The van der Waals surface area contributed by atoms with Gasteiger partial charge in [-0.2, -0.15) is 4.98 Å². The van der Waals surface area contributed by atoms with Crippen LogP contribution in [0.25, 0.3) is 0 Å². The largest absolute Gasteiger partial charge is 0.339 e. The zero-order chi connectivity index (χ0) is 14.3. The van der Waals surface area contributed by atoms with Gasteiger partial charge < -0.3 is 14.7 Å². The van der Waals surface area contributed by atoms with Crippen LogP contribution in [0.2, 0.25) is 0 Å². The Hall–Kier alpha value is -0.940. The van der Waals surface area contributed by atoms with Crippen LogP contribution in [0.1, 0.15) is 46.3 Å². The van der Waals surface area contributed by atoms with Gasteiger partial charge in [-0.05, 0) is 33.9 Å². The molecule has 0 atom stereocenters. The zero-order valence-corrected chi connectivity index (χ0v) is 13.0. The molecule has 0 saturated heterocycles. The van der Waals surface area contributed by atoms with E-state index in [-0.39, 0.29) is 5.54 Å². The maximum Gasteiger partial charge on any atom is 0.227 e. The molecule has 5 nitrogen and oxygen atoms in total. The smallest absolute Gasteiger partial charge is 0.227 e. The molecule has 0 saturated carbocycles. The van der Waals surface area contributed by atoms with Gasteiger partial charge >= 0.3 is 0 Å². The van der Waals surface area contributed by atoms with Crippen LogP contribution in [0.5, 0.6) is 0 Å². The van der Waals surface area contributed by atoms with E-state index >= 15 is 0 Å². The maximum absolute atomic E-state index is 5.26. The highest BCUT2D eigenvalue weighted by Gasteiger charge is 2.11. The van der Waals surface area contributed by atoms with Crippen LogP contribution in [-0.2, 0) is 12.8 Å². The lowest BCUT2D eigenvalue weighted by Crippen LogP contribution is -2.37. The molecule has 1 N–H and O–H groups in total. The fourth-order valence-corrected chi connectivity index (χ4v) is 1.84. The molecule has 0 aliphatic carbocycles. The molecule has 0 radical (unpaired) electrons. The molecule has 0 fully saturated rings. The van der Waals surface area contributed by atoms with Crippen molar-refractivity contribution in [3.63, 3.8) is 0 Å². The summed E-state index contributed by atoms with van der Waals surface area (Å²) in [7, 11) is 0. The molecule has 0 aromatic carbocycles. The quantitative estimate of drug-likeness (QED) is 0.780. The first-order valence-corrected chi connectivity index (χ1v) is 7.23. The molecule has 1 rings (SSSR count). The van der Waals surface area contributed by atoms with Gasteiger partial charge in [0.25, 0.3) is 0 Å². The number of likely N-dealkylation sites (N-methyl/N-ethyl adjacent to an activating group) is 1. The van der Waals surface area contributed by atoms with E-state index in [4.69, 9.17) is 4.52 Å². The second-order valence-electron chi connectivity index (χ2n) is 5.81. The summed E-state index contributed by atoms with van der Waals surface area (Å²) in [5.74, 6) is 1.55. The molecule has 5 heteroatoms. The molecule has 0 amide bonds. The van der Waals surface area contributed by atoms with Crippen molar-refractivity contribution in [1.82, 2.24) is 20.4 Å². The van der Waals surface area contributed by atoms with E-state index in [2.05, 4.69) is 55.0 Å². The summed E-state index contributed by atoms with van der Waals surface area (Å²) in [5, 5.41) is 7.44. The average molecular weight is 268 g/mol. The fraction of sp³-hybridized carbons (Fsp3) is 0.857. The highest BCUT2D eigenvalue weighted by Crippen LogP contribution is 2.02. The van der Waals surface area contributed by atoms with Gasteiger partial charge in [0.15, 0.2) is 5.82 Å². The highest BCUT2D eigenvalue weighted by atomic mass is 16.5. The minimum Gasteiger partial charge on any atom is -0.339 e. The number of rotatable bonds is 8. The molecule has 1 aromatic rings. The summed E-state index contributed by atoms with van der Waals surface area (Å²) in [4.78, 5) is 6.78. The van der Waals surface area contributed by atoms with Crippen molar-refractivity contribution in [3.8, 4) is 0 Å². The van der Waals surface area contributed by atoms with Crippen molar-refractivity contribution in [3.05, 3.63) is 11.7 Å². The van der Waals surface area contributed by atoms with Crippen molar-refractivity contribution in [2.75, 3.05) is 26.2 Å². The summed E-state index contributed by atoms with van der Waals surface area (Å²) >= 11 is 0. The first-order valence-electron chi connectivity index (χ1n) is 7.23. The van der Waals surface area contributed by atoms with E-state index in [1.807, 2.05) is 0 Å². The Kier molecular flexibility index (Phi) is 6.45. The lowest BCUT2D eigenvalue weighted by atomic mass is 10.1. The number of aromatic nitrogens is 2. The van der Waals surface area contributed by atoms with Crippen molar-refractivity contribution >= 4 is 0 Å². The Morgan fingerprint density at radius 1 is 1.16 bits per heavy atom. The van der Waals surface area contributed by atoms with Gasteiger partial charge in [-0.1, -0.05) is 19.0 Å². The SMILES string of the molecule is CCN(CC)CCc1noc(CCNC(C)(C)C)n1. The third-order valence-corrected chi connectivity index (χ3v) is 3.05. The maximum atomic E-state index is 5.26. The van der Waals surface area contributed by atoms with Gasteiger partial charge in [-0.25, -0.2) is 0 Å². The lowest BCUT2D eigenvalue weighted by molar-refractivity contribution is 0.302. The van der Waals surface area contributed by atoms with Crippen LogP contribution in [0, 0.1) is 0 Å². The minimum absolute atomic E-state index is 0.131. The third kappa shape index (κ3) is 6.68. The van der Waals surface area contributed by atoms with Gasteiger partial charge in [0.1, 0.15) is 0 Å². The summed E-state index contributed by atoms with van der Waals surface area (Å²) < 4.78 is 5.26. The number of nitrogens with one attached hydrogen (secondary N) is 1. The molecule has 1 heterocycles. The Morgan fingerprint density at radius 3 is 2.42 bits per heavy atom. The lowest BCUT2D eigenvalue weighted by Gasteiger charge is -2.19. The fourth-order valence-electron chi connectivity index (χ4n) is 1.84. The number of hydrogen-bond donors (Lipinski definition) is 1. The van der Waals surface area contributed by atoms with Crippen LogP contribution < -0.4 is 5.32 Å². The van der Waals surface area contributed by atoms with Gasteiger partial charge in [-0.3, -0.25) is 0 Å². The van der Waals surface area contributed by atoms with Crippen molar-refractivity contribution in [2.45, 2.75) is 53.0 Å². The number of nitrogens with zero attached hydrogens (tertiary/aromatic N) is 3. The van der Waals surface area contributed by atoms with Crippen LogP contribution in [-0.4, -0.2) is 46.8 Å². The first-order chi connectivity index (χ1) is 8.94. The summed E-state index contributed by atoms with van der Waals surface area (Å²) in [5.41, 5.74) is 0.131. The van der Waals surface area contributed by atoms with Crippen LogP contribution in [0.4, 0.5) is 0 Å². The predicted octanol–water partition coefficient (Wildman–Crippen LogP) is 1.88. The second kappa shape index (κ2) is 7.60. The topological polar surface area (TPSA) is 54.2 Å². The zero-order valence-electron chi connectivity index (χ0n) is 13.0. The van der Waals surface area contributed by atoms with Crippen molar-refractivity contribution < 1.29 is 4.52 Å². The van der Waals surface area contributed by atoms with Crippen molar-refractivity contribution in [2.24, 2.45) is 0 Å². The van der Waals surface area contributed by atoms with Gasteiger partial charge in [0.2, 0.25) is 5.89 Å². The molecule has 0 unspecified atom stereocenters. The second-order valence-corrected chi connectivity index (χ2v) is 5.81. The van der Waals surface area contributed by atoms with E-state index in [1.54, 1.807) is 0 Å². The third-order valence-electron chi connectivity index (χ3n) is 3.05. The van der Waals surface area contributed by atoms with E-state index < -0.39 is 0 Å². The molecule has 0 spiro atoms. The molecule has 19 heavy (non-hydrogen) atoms. The summed E-state index contributed by atoms with van der Waals surface area (Å²) in [6.07, 6.45) is 1.65. The van der Waals surface area contributed by atoms with Crippen molar-refractivity contribution in [1.29, 1.82) is 0 Å². The minimum atomic E-state index is 0.131. The first kappa shape index (κ1) is 16.1. The highest BCUT2D eigenvalue weighted by molar-refractivity contribution is 4.88. The Bertz CT molecular complexity index is 353. The summed E-state index contributed by atoms with van der Waals surface area (Å²) in [6.45, 7) is 14.8. The van der Waals surface area contributed by atoms with Crippen LogP contribution >= 0.6 is 0 Å². The monoisotopic (exact) mass is 268 g/mol. The molecular formula is C14H28N4O. The molecule has 0 bridgehead atoms. The standard InChI is InChI=1S/C14H28N4O/c1-6-18(7-2)11-9-12-16-13(19-17-12)8-10-15-14(3,4)5/h15H,6-11H2,1-5H3. The average Bonchev–Trinajstić information content (AvgIpc) is 2.77. The van der Waals surface area contributed by atoms with Crippen LogP contribution in [0.15, 0.2) is 4.52 Å². The molecule has 0 aliphatic rings. The Morgan fingerprint density at radius 2 is 1.84 bits per heavy atom. The normalized spacial score (nSPS) is 12.3. The van der Waals surface area contributed by atoms with Gasteiger partial charge in [-0.15, -0.1) is 0 Å². The van der Waals surface area contributed by atoms with Gasteiger partial charge in [0, 0.05) is 31.5 Å². The molecule has 110 valence electrons. The Labute approximate surface area is 116 Å². The molecule has 0 aliphatic heterocycles. The summed E-state index contributed by atoms with van der Waals surface area (Å²) in [6, 6.07) is 0. The van der Waals surface area contributed by atoms with Crippen LogP contribution in [0.3, 0.4) is 0 Å². The van der Waals surface area contributed by atoms with E-state index in [0.717, 1.165) is 50.7 Å². The predicted molar refractivity (Wildman–Crippen MR) is 77.2 cm³/mol. The number of hydrogen-bond acceptors (Lipinski definition) is 5. The Balaban J connectivity index is 2.32. The van der Waals surface area contributed by atoms with E-state index in [9.17, 15) is 0 Å². The van der Waals surface area contributed by atoms with Gasteiger partial charge in [0.05, 0.1) is 0 Å². The van der Waals surface area contributed by atoms with E-state index in [1.165, 1.54) is 0 Å². The molecular weight excluding hydrogens is 240 g/mol. The van der Waals surface area contributed by atoms with E-state index in [0.29, 0.717) is 0 Å².